The Bertz CT molecular complexity index is 530. The van der Waals surface area contributed by atoms with Crippen LogP contribution in [-0.2, 0) is 16.1 Å². The lowest BCUT2D eigenvalue weighted by atomic mass is 9.99. The summed E-state index contributed by atoms with van der Waals surface area (Å²) < 4.78 is 10.3. The van der Waals surface area contributed by atoms with E-state index in [-0.39, 0.29) is 11.9 Å². The molecule has 0 radical (unpaired) electrons. The van der Waals surface area contributed by atoms with Gasteiger partial charge in [0.25, 0.3) is 0 Å². The zero-order valence-electron chi connectivity index (χ0n) is 13.5. The average Bonchev–Trinajstić information content (AvgIpc) is 2.82. The number of ether oxygens (including phenoxy) is 2. The van der Waals surface area contributed by atoms with Gasteiger partial charge in [0, 0.05) is 37.0 Å². The van der Waals surface area contributed by atoms with E-state index in [1.54, 1.807) is 7.11 Å². The monoisotopic (exact) mass is 292 g/mol. The van der Waals surface area contributed by atoms with E-state index in [4.69, 9.17) is 9.47 Å². The molecule has 2 unspecified atom stereocenters. The van der Waals surface area contributed by atoms with E-state index in [0.717, 1.165) is 42.2 Å². The van der Waals surface area contributed by atoms with E-state index in [2.05, 4.69) is 16.8 Å². The maximum atomic E-state index is 11.8. The van der Waals surface area contributed by atoms with Crippen molar-refractivity contribution in [1.82, 2.24) is 9.88 Å². The highest BCUT2D eigenvalue weighted by Crippen LogP contribution is 2.28. The first-order valence-electron chi connectivity index (χ1n) is 7.27. The maximum absolute atomic E-state index is 11.8. The van der Waals surface area contributed by atoms with Gasteiger partial charge in [-0.05, 0) is 19.8 Å². The topological polar surface area (TPSA) is 51.7 Å². The Morgan fingerprint density at radius 1 is 1.38 bits per heavy atom. The highest BCUT2D eigenvalue weighted by Gasteiger charge is 2.35. The molecule has 2 atom stereocenters. The van der Waals surface area contributed by atoms with Crippen molar-refractivity contribution in [3.63, 3.8) is 0 Å². The zero-order chi connectivity index (χ0) is 15.6. The largest absolute Gasteiger partial charge is 0.496 e. The first kappa shape index (κ1) is 15.8. The molecule has 0 bridgehead atoms. The number of aryl methyl sites for hydroxylation is 1. The Labute approximate surface area is 126 Å². The Kier molecular flexibility index (Phi) is 4.83. The number of carbonyl (C=O) groups excluding carboxylic acids is 1. The number of hydrogen-bond acceptors (Lipinski definition) is 5. The second kappa shape index (κ2) is 6.43. The van der Waals surface area contributed by atoms with Crippen LogP contribution in [0.4, 0.5) is 0 Å². The molecular weight excluding hydrogens is 268 g/mol. The molecule has 21 heavy (non-hydrogen) atoms. The number of pyridine rings is 1. The minimum absolute atomic E-state index is 0.0392. The van der Waals surface area contributed by atoms with Gasteiger partial charge < -0.3 is 9.47 Å². The van der Waals surface area contributed by atoms with Gasteiger partial charge in [-0.1, -0.05) is 6.92 Å². The molecule has 2 heterocycles. The molecule has 1 aliphatic rings. The summed E-state index contributed by atoms with van der Waals surface area (Å²) in [7, 11) is 3.14. The molecule has 116 valence electrons. The van der Waals surface area contributed by atoms with Crippen molar-refractivity contribution >= 4 is 5.97 Å². The summed E-state index contributed by atoms with van der Waals surface area (Å²) in [6, 6.07) is 0. The third kappa shape index (κ3) is 3.18. The number of methoxy groups -OCH3 is 2. The molecule has 5 nitrogen and oxygen atoms in total. The summed E-state index contributed by atoms with van der Waals surface area (Å²) >= 11 is 0. The van der Waals surface area contributed by atoms with Crippen LogP contribution in [0.25, 0.3) is 0 Å². The number of aromatic nitrogens is 1. The first-order valence-corrected chi connectivity index (χ1v) is 7.27. The number of carbonyl (C=O) groups is 1. The van der Waals surface area contributed by atoms with Crippen LogP contribution >= 0.6 is 0 Å². The summed E-state index contributed by atoms with van der Waals surface area (Å²) in [6.45, 7) is 8.47. The van der Waals surface area contributed by atoms with E-state index >= 15 is 0 Å². The second-order valence-electron chi connectivity index (χ2n) is 5.85. The molecule has 0 saturated carbocycles. The van der Waals surface area contributed by atoms with E-state index < -0.39 is 0 Å². The summed E-state index contributed by atoms with van der Waals surface area (Å²) in [6.07, 6.45) is 1.85. The van der Waals surface area contributed by atoms with Gasteiger partial charge >= 0.3 is 5.97 Å². The molecule has 1 aromatic rings. The average molecular weight is 292 g/mol. The van der Waals surface area contributed by atoms with E-state index in [9.17, 15) is 4.79 Å². The van der Waals surface area contributed by atoms with Crippen molar-refractivity contribution in [3.05, 3.63) is 23.0 Å². The lowest BCUT2D eigenvalue weighted by Crippen LogP contribution is -2.25. The standard InChI is InChI=1S/C16H24N2O3/c1-10-6-17-14(12(3)15(10)20-4)9-18-7-11(2)13(8-18)16(19)21-5/h6,11,13H,7-9H2,1-5H3. The van der Waals surface area contributed by atoms with Crippen molar-refractivity contribution in [1.29, 1.82) is 0 Å². The lowest BCUT2D eigenvalue weighted by Gasteiger charge is -2.18. The van der Waals surface area contributed by atoms with Gasteiger partial charge in [-0.15, -0.1) is 0 Å². The van der Waals surface area contributed by atoms with Crippen LogP contribution in [0.15, 0.2) is 6.20 Å². The van der Waals surface area contributed by atoms with Gasteiger partial charge in [0.1, 0.15) is 5.75 Å². The molecular formula is C16H24N2O3. The van der Waals surface area contributed by atoms with Crippen molar-refractivity contribution < 1.29 is 14.3 Å². The second-order valence-corrected chi connectivity index (χ2v) is 5.85. The molecule has 0 N–H and O–H groups in total. The highest BCUT2D eigenvalue weighted by molar-refractivity contribution is 5.73. The van der Waals surface area contributed by atoms with Gasteiger partial charge in [-0.3, -0.25) is 14.7 Å². The summed E-state index contributed by atoms with van der Waals surface area (Å²) in [5.74, 6) is 1.06. The molecule has 0 amide bonds. The van der Waals surface area contributed by atoms with Crippen molar-refractivity contribution in [2.75, 3.05) is 27.3 Å². The number of nitrogens with zero attached hydrogens (tertiary/aromatic N) is 2. The molecule has 1 aliphatic heterocycles. The minimum Gasteiger partial charge on any atom is -0.496 e. The van der Waals surface area contributed by atoms with Gasteiger partial charge in [0.05, 0.1) is 25.8 Å². The summed E-state index contributed by atoms with van der Waals surface area (Å²) in [4.78, 5) is 18.5. The predicted octanol–water partition coefficient (Wildman–Crippen LogP) is 1.95. The van der Waals surface area contributed by atoms with Crippen LogP contribution in [0.1, 0.15) is 23.7 Å². The smallest absolute Gasteiger partial charge is 0.310 e. The maximum Gasteiger partial charge on any atom is 0.310 e. The zero-order valence-corrected chi connectivity index (χ0v) is 13.5. The molecule has 5 heteroatoms. The Morgan fingerprint density at radius 3 is 2.71 bits per heavy atom. The van der Waals surface area contributed by atoms with Crippen LogP contribution in [0.3, 0.4) is 0 Å². The molecule has 0 spiro atoms. The quantitative estimate of drug-likeness (QED) is 0.794. The van der Waals surface area contributed by atoms with Crippen molar-refractivity contribution in [3.8, 4) is 5.75 Å². The highest BCUT2D eigenvalue weighted by atomic mass is 16.5. The fraction of sp³-hybridized carbons (Fsp3) is 0.625. The minimum atomic E-state index is -0.115. The van der Waals surface area contributed by atoms with Gasteiger partial charge in [0.15, 0.2) is 0 Å². The summed E-state index contributed by atoms with van der Waals surface area (Å²) in [5.41, 5.74) is 3.13. The molecule has 1 saturated heterocycles. The molecule has 1 aromatic heterocycles. The molecule has 0 aromatic carbocycles. The van der Waals surface area contributed by atoms with Gasteiger partial charge in [-0.25, -0.2) is 0 Å². The number of rotatable bonds is 4. The van der Waals surface area contributed by atoms with Crippen LogP contribution in [0.5, 0.6) is 5.75 Å². The molecule has 2 rings (SSSR count). The third-order valence-corrected chi connectivity index (χ3v) is 4.32. The number of likely N-dealkylation sites (tertiary alicyclic amines) is 1. The fourth-order valence-corrected chi connectivity index (χ4v) is 3.10. The fourth-order valence-electron chi connectivity index (χ4n) is 3.10. The Hall–Kier alpha value is -1.62. The molecule has 1 fully saturated rings. The Morgan fingerprint density at radius 2 is 2.10 bits per heavy atom. The van der Waals surface area contributed by atoms with Gasteiger partial charge in [0.2, 0.25) is 0 Å². The van der Waals surface area contributed by atoms with E-state index in [1.165, 1.54) is 7.11 Å². The SMILES string of the molecule is COC(=O)C1CN(Cc2ncc(C)c(OC)c2C)CC1C. The van der Waals surface area contributed by atoms with Gasteiger partial charge in [-0.2, -0.15) is 0 Å². The van der Waals surface area contributed by atoms with Crippen LogP contribution in [0.2, 0.25) is 0 Å². The predicted molar refractivity (Wildman–Crippen MR) is 80.2 cm³/mol. The van der Waals surface area contributed by atoms with E-state index in [0.29, 0.717) is 5.92 Å². The van der Waals surface area contributed by atoms with Crippen LogP contribution < -0.4 is 4.74 Å². The molecule has 0 aliphatic carbocycles. The van der Waals surface area contributed by atoms with Crippen molar-refractivity contribution in [2.24, 2.45) is 11.8 Å². The summed E-state index contributed by atoms with van der Waals surface area (Å²) in [5, 5.41) is 0. The number of hydrogen-bond donors (Lipinski definition) is 0. The van der Waals surface area contributed by atoms with Crippen LogP contribution in [0, 0.1) is 25.7 Å². The Balaban J connectivity index is 2.12. The lowest BCUT2D eigenvalue weighted by molar-refractivity contribution is -0.146. The van der Waals surface area contributed by atoms with E-state index in [1.807, 2.05) is 20.0 Å². The van der Waals surface area contributed by atoms with Crippen molar-refractivity contribution in [2.45, 2.75) is 27.3 Å². The third-order valence-electron chi connectivity index (χ3n) is 4.32. The first-order chi connectivity index (χ1) is 9.97. The normalized spacial score (nSPS) is 22.3. The van der Waals surface area contributed by atoms with Crippen LogP contribution in [-0.4, -0.2) is 43.2 Å². The number of esters is 1.